The Morgan fingerprint density at radius 3 is 2.29 bits per heavy atom. The van der Waals surface area contributed by atoms with E-state index in [4.69, 9.17) is 0 Å². The molecule has 1 rings (SSSR count). The lowest BCUT2D eigenvalue weighted by molar-refractivity contribution is -0.138. The van der Waals surface area contributed by atoms with Crippen molar-refractivity contribution in [1.29, 1.82) is 0 Å². The molecule has 0 atom stereocenters. The molecule has 1 fully saturated rings. The lowest BCUT2D eigenvalue weighted by Crippen LogP contribution is -2.15. The van der Waals surface area contributed by atoms with E-state index in [9.17, 15) is 9.59 Å². The van der Waals surface area contributed by atoms with Gasteiger partial charge in [0.05, 0.1) is 7.11 Å². The minimum atomic E-state index is -0.592. The van der Waals surface area contributed by atoms with Crippen molar-refractivity contribution in [3.63, 3.8) is 0 Å². The number of ketones is 1. The van der Waals surface area contributed by atoms with Crippen molar-refractivity contribution in [2.24, 2.45) is 11.3 Å². The molecule has 1 aliphatic carbocycles. The molecule has 0 aromatic heterocycles. The molecule has 0 aromatic carbocycles. The summed E-state index contributed by atoms with van der Waals surface area (Å²) in [6.45, 7) is 5.90. The lowest BCUT2D eigenvalue weighted by Gasteiger charge is -2.06. The third kappa shape index (κ3) is 4.44. The predicted molar refractivity (Wildman–Crippen MR) is 65.1 cm³/mol. The zero-order valence-corrected chi connectivity index (χ0v) is 10.8. The maximum atomic E-state index is 11.8. The van der Waals surface area contributed by atoms with Crippen molar-refractivity contribution in [1.82, 2.24) is 0 Å². The van der Waals surface area contributed by atoms with Crippen LogP contribution in [0.1, 0.15) is 33.6 Å². The Hall–Kier alpha value is -1.56. The van der Waals surface area contributed by atoms with E-state index in [1.165, 1.54) is 13.2 Å². The molecule has 92 valence electrons. The Balaban J connectivity index is 2.88. The van der Waals surface area contributed by atoms with Crippen LogP contribution in [0.2, 0.25) is 0 Å². The van der Waals surface area contributed by atoms with Gasteiger partial charge in [-0.25, -0.2) is 4.79 Å². The number of allylic oxidation sites excluding steroid dienone is 1. The van der Waals surface area contributed by atoms with Crippen LogP contribution in [-0.2, 0) is 14.3 Å². The number of esters is 1. The normalized spacial score (nSPS) is 15.9. The number of hydrogen-bond acceptors (Lipinski definition) is 3. The molecule has 3 heteroatoms. The average Bonchev–Trinajstić information content (AvgIpc) is 3.04. The van der Waals surface area contributed by atoms with Gasteiger partial charge >= 0.3 is 5.97 Å². The van der Waals surface area contributed by atoms with Crippen LogP contribution in [0.5, 0.6) is 0 Å². The van der Waals surface area contributed by atoms with E-state index in [1.54, 1.807) is 0 Å². The first-order valence-corrected chi connectivity index (χ1v) is 5.70. The number of methoxy groups -OCH3 is 1. The van der Waals surface area contributed by atoms with Crippen molar-refractivity contribution >= 4 is 11.8 Å². The van der Waals surface area contributed by atoms with E-state index in [2.05, 4.69) is 16.6 Å². The zero-order valence-electron chi connectivity index (χ0n) is 10.8. The smallest absolute Gasteiger partial charge is 0.342 e. The fraction of sp³-hybridized carbons (Fsp3) is 0.571. The molecule has 0 spiro atoms. The fourth-order valence-electron chi connectivity index (χ4n) is 1.23. The standard InChI is InChI=1S/C14H18O3/c1-14(2,3)9-5-6-11(13(16)17-4)12(15)10-7-8-10/h6,10H,7-8H2,1-4H3/b11-6+. The summed E-state index contributed by atoms with van der Waals surface area (Å²) < 4.78 is 4.60. The second-order valence-electron chi connectivity index (χ2n) is 5.21. The maximum Gasteiger partial charge on any atom is 0.342 e. The first-order valence-electron chi connectivity index (χ1n) is 5.70. The molecule has 17 heavy (non-hydrogen) atoms. The summed E-state index contributed by atoms with van der Waals surface area (Å²) in [7, 11) is 1.27. The molecular formula is C14H18O3. The second-order valence-corrected chi connectivity index (χ2v) is 5.21. The first kappa shape index (κ1) is 13.5. The van der Waals surface area contributed by atoms with E-state index < -0.39 is 5.97 Å². The molecule has 1 saturated carbocycles. The Bertz CT molecular complexity index is 409. The molecule has 0 unspecified atom stereocenters. The molecule has 0 aromatic rings. The number of rotatable bonds is 3. The van der Waals surface area contributed by atoms with Crippen LogP contribution >= 0.6 is 0 Å². The number of hydrogen-bond donors (Lipinski definition) is 0. The molecule has 0 N–H and O–H groups in total. The van der Waals surface area contributed by atoms with Gasteiger partial charge in [0.15, 0.2) is 5.78 Å². The van der Waals surface area contributed by atoms with Crippen LogP contribution < -0.4 is 0 Å². The largest absolute Gasteiger partial charge is 0.465 e. The van der Waals surface area contributed by atoms with Gasteiger partial charge in [-0.1, -0.05) is 11.8 Å². The number of Topliss-reactive ketones (excluding diaryl/α,β-unsaturated/α-hetero) is 1. The van der Waals surface area contributed by atoms with Gasteiger partial charge in [-0.15, -0.1) is 0 Å². The highest BCUT2D eigenvalue weighted by Gasteiger charge is 2.34. The molecule has 3 nitrogen and oxygen atoms in total. The van der Waals surface area contributed by atoms with Crippen molar-refractivity contribution in [2.75, 3.05) is 7.11 Å². The fourth-order valence-corrected chi connectivity index (χ4v) is 1.23. The molecule has 0 radical (unpaired) electrons. The second kappa shape index (κ2) is 5.18. The van der Waals surface area contributed by atoms with Gasteiger partial charge in [-0.3, -0.25) is 4.79 Å². The summed E-state index contributed by atoms with van der Waals surface area (Å²) in [6, 6.07) is 0. The van der Waals surface area contributed by atoms with E-state index in [0.29, 0.717) is 0 Å². The van der Waals surface area contributed by atoms with Crippen LogP contribution in [-0.4, -0.2) is 18.9 Å². The monoisotopic (exact) mass is 234 g/mol. The molecular weight excluding hydrogens is 216 g/mol. The summed E-state index contributed by atoms with van der Waals surface area (Å²) in [5.41, 5.74) is -0.0767. The Kier molecular flexibility index (Phi) is 4.11. The molecule has 0 aliphatic heterocycles. The summed E-state index contributed by atoms with van der Waals surface area (Å²) in [5, 5.41) is 0. The Morgan fingerprint density at radius 2 is 1.88 bits per heavy atom. The summed E-state index contributed by atoms with van der Waals surface area (Å²) >= 11 is 0. The third-order valence-corrected chi connectivity index (χ3v) is 2.28. The molecule has 0 heterocycles. The quantitative estimate of drug-likeness (QED) is 0.247. The topological polar surface area (TPSA) is 43.4 Å². The minimum Gasteiger partial charge on any atom is -0.465 e. The number of carbonyl (C=O) groups excluding carboxylic acids is 2. The predicted octanol–water partition coefficient (Wildman–Crippen LogP) is 2.11. The summed E-state index contributed by atoms with van der Waals surface area (Å²) in [4.78, 5) is 23.3. The van der Waals surface area contributed by atoms with Crippen molar-refractivity contribution < 1.29 is 14.3 Å². The van der Waals surface area contributed by atoms with Crippen molar-refractivity contribution in [3.8, 4) is 11.8 Å². The van der Waals surface area contributed by atoms with Gasteiger partial charge in [-0.2, -0.15) is 0 Å². The summed E-state index contributed by atoms with van der Waals surface area (Å²) in [5.74, 6) is 5.00. The van der Waals surface area contributed by atoms with E-state index >= 15 is 0 Å². The Labute approximate surface area is 102 Å². The van der Waals surface area contributed by atoms with Gasteiger partial charge in [0.25, 0.3) is 0 Å². The Morgan fingerprint density at radius 1 is 1.29 bits per heavy atom. The molecule has 0 bridgehead atoms. The molecule has 1 aliphatic rings. The van der Waals surface area contributed by atoms with Crippen LogP contribution in [0.25, 0.3) is 0 Å². The van der Waals surface area contributed by atoms with E-state index in [-0.39, 0.29) is 22.7 Å². The maximum absolute atomic E-state index is 11.8. The highest BCUT2D eigenvalue weighted by atomic mass is 16.5. The van der Waals surface area contributed by atoms with Gasteiger partial charge < -0.3 is 4.74 Å². The van der Waals surface area contributed by atoms with Crippen LogP contribution in [0.15, 0.2) is 11.6 Å². The SMILES string of the molecule is COC(=O)/C(=C/C#CC(C)(C)C)C(=O)C1CC1. The summed E-state index contributed by atoms with van der Waals surface area (Å²) in [6.07, 6.45) is 3.11. The van der Waals surface area contributed by atoms with Gasteiger partial charge in [0.2, 0.25) is 0 Å². The minimum absolute atomic E-state index is 0.00298. The van der Waals surface area contributed by atoms with Gasteiger partial charge in [0.1, 0.15) is 5.57 Å². The zero-order chi connectivity index (χ0) is 13.1. The third-order valence-electron chi connectivity index (χ3n) is 2.28. The first-order chi connectivity index (χ1) is 7.85. The van der Waals surface area contributed by atoms with Crippen LogP contribution in [0.3, 0.4) is 0 Å². The highest BCUT2D eigenvalue weighted by Crippen LogP contribution is 2.32. The van der Waals surface area contributed by atoms with E-state index in [0.717, 1.165) is 12.8 Å². The van der Waals surface area contributed by atoms with Crippen molar-refractivity contribution in [3.05, 3.63) is 11.6 Å². The van der Waals surface area contributed by atoms with Crippen molar-refractivity contribution in [2.45, 2.75) is 33.6 Å². The van der Waals surface area contributed by atoms with E-state index in [1.807, 2.05) is 20.8 Å². The van der Waals surface area contributed by atoms with Crippen LogP contribution in [0, 0.1) is 23.2 Å². The average molecular weight is 234 g/mol. The van der Waals surface area contributed by atoms with Gasteiger partial charge in [0, 0.05) is 17.4 Å². The lowest BCUT2D eigenvalue weighted by atomic mass is 9.98. The van der Waals surface area contributed by atoms with Gasteiger partial charge in [-0.05, 0) is 33.6 Å². The molecule has 0 amide bonds. The number of carbonyl (C=O) groups is 2. The highest BCUT2D eigenvalue weighted by molar-refractivity contribution is 6.19. The van der Waals surface area contributed by atoms with Crippen LogP contribution in [0.4, 0.5) is 0 Å². The number of ether oxygens (including phenoxy) is 1. The molecule has 0 saturated heterocycles.